The lowest BCUT2D eigenvalue weighted by Gasteiger charge is -2.19. The van der Waals surface area contributed by atoms with Gasteiger partial charge in [-0.05, 0) is 28.5 Å². The summed E-state index contributed by atoms with van der Waals surface area (Å²) < 4.78 is 21.5. The van der Waals surface area contributed by atoms with Crippen LogP contribution in [0.1, 0.15) is 16.1 Å². The SMILES string of the molecule is COc1cc2c(cc1-c1ccc(C(=O)N(C)Cc3ccon3)c3ccccc13)OCO2. The standard InChI is InChI=1S/C24H20N2O5/c1-26(13-15-9-10-31-25-15)24(27)19-8-7-18(16-5-3-4-6-17(16)19)20-11-22-23(30-14-29-22)12-21(20)28-2/h3-12H,13-14H2,1-2H3. The zero-order valence-electron chi connectivity index (χ0n) is 17.1. The van der Waals surface area contributed by atoms with Gasteiger partial charge in [0.15, 0.2) is 11.5 Å². The summed E-state index contributed by atoms with van der Waals surface area (Å²) in [7, 11) is 3.38. The average molecular weight is 416 g/mol. The number of carbonyl (C=O) groups is 1. The molecule has 2 heterocycles. The van der Waals surface area contributed by atoms with Crippen molar-refractivity contribution in [2.24, 2.45) is 0 Å². The molecular formula is C24H20N2O5. The molecule has 1 aliphatic rings. The number of ether oxygens (including phenoxy) is 3. The van der Waals surface area contributed by atoms with Gasteiger partial charge in [-0.25, -0.2) is 0 Å². The summed E-state index contributed by atoms with van der Waals surface area (Å²) in [4.78, 5) is 14.8. The number of methoxy groups -OCH3 is 1. The molecule has 31 heavy (non-hydrogen) atoms. The second kappa shape index (κ2) is 7.68. The fourth-order valence-corrected chi connectivity index (χ4v) is 3.86. The quantitative estimate of drug-likeness (QED) is 0.477. The van der Waals surface area contributed by atoms with Crippen molar-refractivity contribution >= 4 is 16.7 Å². The van der Waals surface area contributed by atoms with Crippen LogP contribution in [-0.2, 0) is 6.54 Å². The van der Waals surface area contributed by atoms with E-state index in [1.165, 1.54) is 6.26 Å². The number of fused-ring (bicyclic) bond motifs is 2. The van der Waals surface area contributed by atoms with Crippen LogP contribution in [-0.4, -0.2) is 36.9 Å². The number of nitrogens with zero attached hydrogens (tertiary/aromatic N) is 2. The number of hydrogen-bond donors (Lipinski definition) is 0. The lowest BCUT2D eigenvalue weighted by atomic mass is 9.93. The van der Waals surface area contributed by atoms with Crippen molar-refractivity contribution in [2.75, 3.05) is 21.0 Å². The van der Waals surface area contributed by atoms with Crippen molar-refractivity contribution in [3.05, 3.63) is 72.1 Å². The fraction of sp³-hybridized carbons (Fsp3) is 0.167. The Morgan fingerprint density at radius 2 is 1.81 bits per heavy atom. The Balaban J connectivity index is 1.60. The van der Waals surface area contributed by atoms with E-state index in [1.54, 1.807) is 25.1 Å². The molecule has 7 heteroatoms. The van der Waals surface area contributed by atoms with Crippen LogP contribution in [0.4, 0.5) is 0 Å². The summed E-state index contributed by atoms with van der Waals surface area (Å²) in [5, 5.41) is 5.69. The zero-order valence-corrected chi connectivity index (χ0v) is 17.1. The highest BCUT2D eigenvalue weighted by molar-refractivity contribution is 6.11. The van der Waals surface area contributed by atoms with Crippen LogP contribution in [0.25, 0.3) is 21.9 Å². The monoisotopic (exact) mass is 416 g/mol. The van der Waals surface area contributed by atoms with Crippen LogP contribution >= 0.6 is 0 Å². The lowest BCUT2D eigenvalue weighted by Crippen LogP contribution is -2.26. The summed E-state index contributed by atoms with van der Waals surface area (Å²) >= 11 is 0. The predicted molar refractivity (Wildman–Crippen MR) is 114 cm³/mol. The molecule has 5 rings (SSSR count). The number of aromatic nitrogens is 1. The maximum atomic E-state index is 13.2. The van der Waals surface area contributed by atoms with Crippen molar-refractivity contribution in [1.82, 2.24) is 10.1 Å². The molecule has 0 unspecified atom stereocenters. The fourth-order valence-electron chi connectivity index (χ4n) is 3.86. The molecule has 0 spiro atoms. The molecule has 0 saturated carbocycles. The van der Waals surface area contributed by atoms with Gasteiger partial charge < -0.3 is 23.6 Å². The molecule has 156 valence electrons. The van der Waals surface area contributed by atoms with Crippen LogP contribution in [0.3, 0.4) is 0 Å². The van der Waals surface area contributed by atoms with Gasteiger partial charge in [-0.3, -0.25) is 4.79 Å². The predicted octanol–water partition coefficient (Wildman–Crippen LogP) is 4.50. The minimum Gasteiger partial charge on any atom is -0.496 e. The molecule has 0 aliphatic carbocycles. The van der Waals surface area contributed by atoms with Crippen molar-refractivity contribution in [2.45, 2.75) is 6.54 Å². The van der Waals surface area contributed by atoms with E-state index in [2.05, 4.69) is 5.16 Å². The first-order valence-electron chi connectivity index (χ1n) is 9.80. The third kappa shape index (κ3) is 3.34. The van der Waals surface area contributed by atoms with Crippen molar-refractivity contribution in [1.29, 1.82) is 0 Å². The van der Waals surface area contributed by atoms with Crippen LogP contribution in [0.2, 0.25) is 0 Å². The van der Waals surface area contributed by atoms with Crippen LogP contribution < -0.4 is 14.2 Å². The van der Waals surface area contributed by atoms with Gasteiger partial charge in [0, 0.05) is 30.3 Å². The average Bonchev–Trinajstić information content (AvgIpc) is 3.48. The summed E-state index contributed by atoms with van der Waals surface area (Å²) in [5.41, 5.74) is 3.13. The topological polar surface area (TPSA) is 74.0 Å². The molecule has 0 atom stereocenters. The van der Waals surface area contributed by atoms with E-state index >= 15 is 0 Å². The third-order valence-electron chi connectivity index (χ3n) is 5.38. The molecule has 0 fully saturated rings. The highest BCUT2D eigenvalue weighted by Crippen LogP contribution is 2.44. The summed E-state index contributed by atoms with van der Waals surface area (Å²) in [6.07, 6.45) is 1.50. The van der Waals surface area contributed by atoms with E-state index in [0.717, 1.165) is 21.9 Å². The Hall–Kier alpha value is -4.00. The minimum atomic E-state index is -0.0941. The van der Waals surface area contributed by atoms with Gasteiger partial charge in [0.05, 0.1) is 13.7 Å². The van der Waals surface area contributed by atoms with Gasteiger partial charge in [-0.1, -0.05) is 35.5 Å². The normalized spacial score (nSPS) is 12.2. The summed E-state index contributed by atoms with van der Waals surface area (Å²) in [6.45, 7) is 0.551. The molecule has 1 aromatic heterocycles. The molecular weight excluding hydrogens is 396 g/mol. The Morgan fingerprint density at radius 3 is 2.55 bits per heavy atom. The van der Waals surface area contributed by atoms with Gasteiger partial charge in [-0.15, -0.1) is 0 Å². The molecule has 1 aliphatic heterocycles. The molecule has 0 radical (unpaired) electrons. The van der Waals surface area contributed by atoms with E-state index in [1.807, 2.05) is 48.5 Å². The van der Waals surface area contributed by atoms with E-state index in [0.29, 0.717) is 35.1 Å². The first kappa shape index (κ1) is 19.0. The maximum Gasteiger partial charge on any atom is 0.254 e. The third-order valence-corrected chi connectivity index (χ3v) is 5.38. The van der Waals surface area contributed by atoms with Crippen molar-refractivity contribution in [3.8, 4) is 28.4 Å². The van der Waals surface area contributed by atoms with Crippen molar-refractivity contribution in [3.63, 3.8) is 0 Å². The summed E-state index contributed by atoms with van der Waals surface area (Å²) in [5.74, 6) is 1.92. The molecule has 7 nitrogen and oxygen atoms in total. The van der Waals surface area contributed by atoms with Gasteiger partial charge in [-0.2, -0.15) is 0 Å². The second-order valence-corrected chi connectivity index (χ2v) is 7.26. The Kier molecular flexibility index (Phi) is 4.71. The van der Waals surface area contributed by atoms with E-state index < -0.39 is 0 Å². The molecule has 1 amide bonds. The maximum absolute atomic E-state index is 13.2. The zero-order chi connectivity index (χ0) is 21.4. The molecule has 0 saturated heterocycles. The number of hydrogen-bond acceptors (Lipinski definition) is 6. The molecule has 0 bridgehead atoms. The van der Waals surface area contributed by atoms with E-state index in [-0.39, 0.29) is 12.7 Å². The van der Waals surface area contributed by atoms with Crippen molar-refractivity contribution < 1.29 is 23.5 Å². The molecule has 4 aromatic rings. The summed E-state index contributed by atoms with van der Waals surface area (Å²) in [6, 6.07) is 17.1. The van der Waals surface area contributed by atoms with Crippen LogP contribution in [0.5, 0.6) is 17.2 Å². The van der Waals surface area contributed by atoms with Gasteiger partial charge in [0.1, 0.15) is 17.7 Å². The minimum absolute atomic E-state index is 0.0941. The second-order valence-electron chi connectivity index (χ2n) is 7.26. The highest BCUT2D eigenvalue weighted by atomic mass is 16.7. The van der Waals surface area contributed by atoms with Gasteiger partial charge in [0.25, 0.3) is 5.91 Å². The molecule has 3 aromatic carbocycles. The Morgan fingerprint density at radius 1 is 1.03 bits per heavy atom. The number of rotatable bonds is 5. The number of benzene rings is 3. The molecule has 0 N–H and O–H groups in total. The first-order chi connectivity index (χ1) is 15.2. The van der Waals surface area contributed by atoms with E-state index in [4.69, 9.17) is 18.7 Å². The smallest absolute Gasteiger partial charge is 0.254 e. The number of amides is 1. The Bertz CT molecular complexity index is 1270. The highest BCUT2D eigenvalue weighted by Gasteiger charge is 2.22. The van der Waals surface area contributed by atoms with E-state index in [9.17, 15) is 4.79 Å². The van der Waals surface area contributed by atoms with Gasteiger partial charge >= 0.3 is 0 Å². The van der Waals surface area contributed by atoms with Crippen LogP contribution in [0.15, 0.2) is 65.4 Å². The largest absolute Gasteiger partial charge is 0.496 e. The van der Waals surface area contributed by atoms with Gasteiger partial charge in [0.2, 0.25) is 6.79 Å². The van der Waals surface area contributed by atoms with Crippen LogP contribution in [0, 0.1) is 0 Å². The Labute approximate surface area is 178 Å². The number of carbonyl (C=O) groups excluding carboxylic acids is 1. The first-order valence-corrected chi connectivity index (χ1v) is 9.80. The lowest BCUT2D eigenvalue weighted by molar-refractivity contribution is 0.0784.